The van der Waals surface area contributed by atoms with Gasteiger partial charge in [0.25, 0.3) is 5.91 Å². The van der Waals surface area contributed by atoms with Crippen LogP contribution < -0.4 is 4.74 Å². The molecule has 1 fully saturated rings. The number of rotatable bonds is 2. The number of likely N-dealkylation sites (tertiary alicyclic amines) is 1. The molecule has 1 amide bonds. The molecule has 0 radical (unpaired) electrons. The highest BCUT2D eigenvalue weighted by Gasteiger charge is 2.28. The Hall–Kier alpha value is -3.18. The number of ether oxygens (including phenoxy) is 1. The van der Waals surface area contributed by atoms with Crippen molar-refractivity contribution in [2.75, 3.05) is 19.7 Å². The maximum Gasteiger partial charge on any atom is 0.282 e. The summed E-state index contributed by atoms with van der Waals surface area (Å²) in [6, 6.07) is 8.34. The average Bonchev–Trinajstić information content (AvgIpc) is 3.41. The Kier molecular flexibility index (Phi) is 4.52. The van der Waals surface area contributed by atoms with E-state index in [9.17, 15) is 4.79 Å². The third-order valence-corrected chi connectivity index (χ3v) is 6.60. The highest BCUT2D eigenvalue weighted by molar-refractivity contribution is 7.14. The van der Waals surface area contributed by atoms with Gasteiger partial charge in [0.05, 0.1) is 24.6 Å². The van der Waals surface area contributed by atoms with E-state index in [1.807, 2.05) is 29.3 Å². The van der Waals surface area contributed by atoms with Crippen molar-refractivity contribution in [3.05, 3.63) is 40.5 Å². The van der Waals surface area contributed by atoms with Gasteiger partial charge in [0.1, 0.15) is 5.75 Å². The Morgan fingerprint density at radius 3 is 2.93 bits per heavy atom. The van der Waals surface area contributed by atoms with E-state index in [-0.39, 0.29) is 11.8 Å². The van der Waals surface area contributed by atoms with E-state index in [0.717, 1.165) is 52.3 Å². The topological polar surface area (TPSA) is 94.9 Å². The molecule has 3 aromatic rings. The van der Waals surface area contributed by atoms with Crippen molar-refractivity contribution >= 4 is 17.2 Å². The maximum absolute atomic E-state index is 13.0. The second-order valence-corrected chi connectivity index (χ2v) is 8.37. The summed E-state index contributed by atoms with van der Waals surface area (Å²) >= 11 is 1.46. The van der Waals surface area contributed by atoms with E-state index in [1.54, 1.807) is 6.20 Å². The number of nitrogens with zero attached hydrogens (tertiary/aromatic N) is 4. The number of nitriles is 1. The molecule has 1 N–H and O–H groups in total. The summed E-state index contributed by atoms with van der Waals surface area (Å²) in [7, 11) is 0. The number of hydrogen-bond acceptors (Lipinski definition) is 6. The number of carbonyl (C=O) groups is 1. The zero-order valence-corrected chi connectivity index (χ0v) is 16.5. The quantitative estimate of drug-likeness (QED) is 0.704. The molecule has 2 aliphatic heterocycles. The first-order valence-electron chi connectivity index (χ1n) is 9.68. The molecule has 7 nitrogen and oxygen atoms in total. The van der Waals surface area contributed by atoms with Crippen LogP contribution in [-0.2, 0) is 6.42 Å². The number of hydrogen-bond donors (Lipinski definition) is 1. The third kappa shape index (κ3) is 3.28. The molecule has 4 heterocycles. The van der Waals surface area contributed by atoms with Crippen LogP contribution in [0.4, 0.5) is 0 Å². The van der Waals surface area contributed by atoms with E-state index in [1.165, 1.54) is 11.3 Å². The SMILES string of the molecule is N#CC1CCN(C(=O)c2nc3c(s2)CCOc2cc(-c4cn[nH]c4)ccc2-3)CC1. The van der Waals surface area contributed by atoms with Crippen molar-refractivity contribution in [2.45, 2.75) is 19.3 Å². The largest absolute Gasteiger partial charge is 0.492 e. The van der Waals surface area contributed by atoms with Gasteiger partial charge in [0.2, 0.25) is 0 Å². The zero-order chi connectivity index (χ0) is 19.8. The van der Waals surface area contributed by atoms with Crippen molar-refractivity contribution in [1.82, 2.24) is 20.1 Å². The Labute approximate surface area is 172 Å². The van der Waals surface area contributed by atoms with Crippen LogP contribution in [-0.4, -0.2) is 45.7 Å². The van der Waals surface area contributed by atoms with E-state index < -0.39 is 0 Å². The van der Waals surface area contributed by atoms with E-state index >= 15 is 0 Å². The standard InChI is InChI=1S/C21H19N5O2S/c22-10-13-3-6-26(7-4-13)21(27)20-25-19-16-2-1-14(15-11-23-24-12-15)9-17(16)28-8-5-18(19)29-20/h1-2,9,11-13H,3-8H2,(H,23,24). The van der Waals surface area contributed by atoms with Gasteiger partial charge >= 0.3 is 0 Å². The number of amides is 1. The normalized spacial score (nSPS) is 16.3. The van der Waals surface area contributed by atoms with Crippen LogP contribution in [0, 0.1) is 17.2 Å². The van der Waals surface area contributed by atoms with Crippen LogP contribution in [0.15, 0.2) is 30.6 Å². The number of nitrogens with one attached hydrogen (secondary N) is 1. The number of aromatic nitrogens is 3. The van der Waals surface area contributed by atoms with Crippen molar-refractivity contribution in [2.24, 2.45) is 5.92 Å². The van der Waals surface area contributed by atoms with Crippen LogP contribution >= 0.6 is 11.3 Å². The van der Waals surface area contributed by atoms with Crippen LogP contribution in [0.5, 0.6) is 5.75 Å². The summed E-state index contributed by atoms with van der Waals surface area (Å²) in [4.78, 5) is 20.6. The van der Waals surface area contributed by atoms with Gasteiger partial charge in [-0.2, -0.15) is 10.4 Å². The number of carbonyl (C=O) groups excluding carboxylic acids is 1. The maximum atomic E-state index is 13.0. The van der Waals surface area contributed by atoms with Gasteiger partial charge < -0.3 is 9.64 Å². The van der Waals surface area contributed by atoms with Crippen molar-refractivity contribution < 1.29 is 9.53 Å². The van der Waals surface area contributed by atoms with Gasteiger partial charge in [-0.25, -0.2) is 4.98 Å². The van der Waals surface area contributed by atoms with Gasteiger partial charge in [-0.05, 0) is 30.5 Å². The minimum atomic E-state index is -0.0306. The van der Waals surface area contributed by atoms with Gasteiger partial charge in [0.15, 0.2) is 5.01 Å². The lowest BCUT2D eigenvalue weighted by atomic mass is 9.99. The lowest BCUT2D eigenvalue weighted by Gasteiger charge is -2.28. The molecule has 5 rings (SSSR count). The summed E-state index contributed by atoms with van der Waals surface area (Å²) in [6.07, 6.45) is 5.83. The first-order chi connectivity index (χ1) is 14.2. The molecule has 0 saturated carbocycles. The van der Waals surface area contributed by atoms with Crippen LogP contribution in [0.25, 0.3) is 22.4 Å². The minimum absolute atomic E-state index is 0.0306. The van der Waals surface area contributed by atoms with Crippen molar-refractivity contribution in [3.8, 4) is 34.2 Å². The summed E-state index contributed by atoms with van der Waals surface area (Å²) in [5.41, 5.74) is 3.78. The first-order valence-corrected chi connectivity index (χ1v) is 10.5. The molecule has 0 unspecified atom stereocenters. The number of fused-ring (bicyclic) bond motifs is 3. The fourth-order valence-corrected chi connectivity index (χ4v) is 4.87. The predicted molar refractivity (Wildman–Crippen MR) is 109 cm³/mol. The summed E-state index contributed by atoms with van der Waals surface area (Å²) in [6.45, 7) is 1.79. The van der Waals surface area contributed by atoms with Crippen molar-refractivity contribution in [3.63, 3.8) is 0 Å². The van der Waals surface area contributed by atoms with Crippen LogP contribution in [0.3, 0.4) is 0 Å². The first kappa shape index (κ1) is 17.9. The molecule has 2 aromatic heterocycles. The number of H-pyrrole nitrogens is 1. The Bertz CT molecular complexity index is 1090. The summed E-state index contributed by atoms with van der Waals surface area (Å²) < 4.78 is 5.98. The molecular weight excluding hydrogens is 386 g/mol. The zero-order valence-electron chi connectivity index (χ0n) is 15.7. The molecular formula is C21H19N5O2S. The average molecular weight is 405 g/mol. The highest BCUT2D eigenvalue weighted by Crippen LogP contribution is 2.40. The molecule has 0 bridgehead atoms. The number of benzene rings is 1. The van der Waals surface area contributed by atoms with Gasteiger partial charge in [-0.3, -0.25) is 9.89 Å². The van der Waals surface area contributed by atoms with Crippen LogP contribution in [0.1, 0.15) is 27.5 Å². The molecule has 1 aromatic carbocycles. The lowest BCUT2D eigenvalue weighted by Crippen LogP contribution is -2.38. The van der Waals surface area contributed by atoms with E-state index in [2.05, 4.69) is 16.3 Å². The molecule has 29 heavy (non-hydrogen) atoms. The molecule has 0 atom stereocenters. The Morgan fingerprint density at radius 1 is 1.31 bits per heavy atom. The van der Waals surface area contributed by atoms with Gasteiger partial charge in [-0.1, -0.05) is 6.07 Å². The minimum Gasteiger partial charge on any atom is -0.492 e. The molecule has 0 aliphatic carbocycles. The molecule has 0 spiro atoms. The number of thiazole rings is 1. The Morgan fingerprint density at radius 2 is 2.17 bits per heavy atom. The monoisotopic (exact) mass is 405 g/mol. The van der Waals surface area contributed by atoms with Gasteiger partial charge in [0, 0.05) is 47.6 Å². The molecule has 1 saturated heterocycles. The van der Waals surface area contributed by atoms with Crippen LogP contribution in [0.2, 0.25) is 0 Å². The van der Waals surface area contributed by atoms with Crippen molar-refractivity contribution in [1.29, 1.82) is 5.26 Å². The van der Waals surface area contributed by atoms with E-state index in [0.29, 0.717) is 24.7 Å². The molecule has 8 heteroatoms. The fourth-order valence-electron chi connectivity index (χ4n) is 3.85. The fraction of sp³-hybridized carbons (Fsp3) is 0.333. The Balaban J connectivity index is 1.45. The third-order valence-electron chi connectivity index (χ3n) is 5.50. The predicted octanol–water partition coefficient (Wildman–Crippen LogP) is 3.51. The lowest BCUT2D eigenvalue weighted by molar-refractivity contribution is 0.0707. The summed E-state index contributed by atoms with van der Waals surface area (Å²) in [5.74, 6) is 0.805. The second kappa shape index (κ2) is 7.33. The van der Waals surface area contributed by atoms with Gasteiger partial charge in [-0.15, -0.1) is 11.3 Å². The summed E-state index contributed by atoms with van der Waals surface area (Å²) in [5, 5.41) is 16.4. The smallest absolute Gasteiger partial charge is 0.282 e. The second-order valence-electron chi connectivity index (χ2n) is 7.28. The molecule has 146 valence electrons. The number of aromatic amines is 1. The number of piperidine rings is 1. The highest BCUT2D eigenvalue weighted by atomic mass is 32.1. The van der Waals surface area contributed by atoms with E-state index in [4.69, 9.17) is 15.0 Å². The molecule has 2 aliphatic rings.